The number of aromatic nitrogens is 1. The van der Waals surface area contributed by atoms with Crippen LogP contribution in [0.3, 0.4) is 0 Å². The minimum atomic E-state index is 0. The Bertz CT molecular complexity index is 757. The van der Waals surface area contributed by atoms with E-state index in [1.165, 1.54) is 5.56 Å². The van der Waals surface area contributed by atoms with Crippen LogP contribution < -0.4 is 17.7 Å². The molecular formula is C18H17Cl2N2O-. The van der Waals surface area contributed by atoms with Gasteiger partial charge in [0.25, 0.3) is 0 Å². The summed E-state index contributed by atoms with van der Waals surface area (Å²) in [7, 11) is 0. The van der Waals surface area contributed by atoms with Crippen LogP contribution >= 0.6 is 11.6 Å². The summed E-state index contributed by atoms with van der Waals surface area (Å²) in [5.41, 5.74) is 3.27. The number of hydrogen-bond donors (Lipinski definition) is 1. The molecule has 2 heterocycles. The summed E-state index contributed by atoms with van der Waals surface area (Å²) >= 11 is 6.16. The second-order valence-corrected chi connectivity index (χ2v) is 5.54. The molecule has 0 aliphatic heterocycles. The van der Waals surface area contributed by atoms with Gasteiger partial charge >= 0.3 is 0 Å². The van der Waals surface area contributed by atoms with E-state index < -0.39 is 0 Å². The lowest BCUT2D eigenvalue weighted by Crippen LogP contribution is -3.00. The molecule has 120 valence electrons. The normalized spacial score (nSPS) is 10.3. The molecule has 0 spiro atoms. The summed E-state index contributed by atoms with van der Waals surface area (Å²) in [6.07, 6.45) is 3.59. The van der Waals surface area contributed by atoms with Gasteiger partial charge in [-0.25, -0.2) is 0 Å². The lowest BCUT2D eigenvalue weighted by atomic mass is 10.1. The summed E-state index contributed by atoms with van der Waals surface area (Å²) in [5, 5.41) is 4.12. The summed E-state index contributed by atoms with van der Waals surface area (Å²) in [4.78, 5) is 4.01. The van der Waals surface area contributed by atoms with Gasteiger partial charge in [0.05, 0.1) is 6.54 Å². The third-order valence-corrected chi connectivity index (χ3v) is 3.98. The Labute approximate surface area is 147 Å². The maximum Gasteiger partial charge on any atom is 0.134 e. The van der Waals surface area contributed by atoms with Gasteiger partial charge in [-0.2, -0.15) is 0 Å². The monoisotopic (exact) mass is 347 g/mol. The molecule has 1 N–H and O–H groups in total. The highest BCUT2D eigenvalue weighted by atomic mass is 35.5. The predicted molar refractivity (Wildman–Crippen MR) is 88.7 cm³/mol. The Morgan fingerprint density at radius 1 is 1.04 bits per heavy atom. The molecule has 0 aliphatic rings. The first-order valence-corrected chi connectivity index (χ1v) is 7.55. The number of furan rings is 1. The van der Waals surface area contributed by atoms with Crippen LogP contribution in [-0.2, 0) is 13.1 Å². The van der Waals surface area contributed by atoms with E-state index in [9.17, 15) is 0 Å². The van der Waals surface area contributed by atoms with Gasteiger partial charge in [0.15, 0.2) is 0 Å². The van der Waals surface area contributed by atoms with Crippen molar-refractivity contribution in [1.29, 1.82) is 0 Å². The molecule has 3 rings (SSSR count). The lowest BCUT2D eigenvalue weighted by molar-refractivity contribution is -0.00000504. The fraction of sp³-hybridized carbons (Fsp3) is 0.167. The Hall–Kier alpha value is -1.81. The number of halogens is 2. The van der Waals surface area contributed by atoms with Crippen molar-refractivity contribution in [2.24, 2.45) is 0 Å². The third kappa shape index (κ3) is 4.35. The van der Waals surface area contributed by atoms with Gasteiger partial charge in [-0.15, -0.1) is 0 Å². The smallest absolute Gasteiger partial charge is 0.134 e. The largest absolute Gasteiger partial charge is 1.00 e. The van der Waals surface area contributed by atoms with Gasteiger partial charge in [-0.3, -0.25) is 4.98 Å². The Morgan fingerprint density at radius 2 is 1.83 bits per heavy atom. The maximum absolute atomic E-state index is 6.16. The van der Waals surface area contributed by atoms with E-state index in [2.05, 4.69) is 10.3 Å². The molecule has 0 bridgehead atoms. The number of hydrogen-bond acceptors (Lipinski definition) is 3. The van der Waals surface area contributed by atoms with Crippen molar-refractivity contribution in [2.45, 2.75) is 20.0 Å². The van der Waals surface area contributed by atoms with Crippen LogP contribution in [0.4, 0.5) is 0 Å². The lowest BCUT2D eigenvalue weighted by Gasteiger charge is -2.05. The first-order valence-electron chi connectivity index (χ1n) is 7.18. The summed E-state index contributed by atoms with van der Waals surface area (Å²) in [6, 6.07) is 13.8. The molecule has 0 aliphatic carbocycles. The number of rotatable bonds is 5. The Kier molecular flexibility index (Phi) is 6.22. The van der Waals surface area contributed by atoms with E-state index >= 15 is 0 Å². The first kappa shape index (κ1) is 17.5. The highest BCUT2D eigenvalue weighted by Crippen LogP contribution is 2.29. The van der Waals surface area contributed by atoms with Gasteiger partial charge in [0.2, 0.25) is 0 Å². The highest BCUT2D eigenvalue weighted by molar-refractivity contribution is 6.31. The molecule has 0 saturated carbocycles. The maximum atomic E-state index is 6.16. The van der Waals surface area contributed by atoms with Gasteiger partial charge in [0.1, 0.15) is 11.5 Å². The van der Waals surface area contributed by atoms with Crippen molar-refractivity contribution in [3.8, 4) is 11.3 Å². The number of benzene rings is 1. The van der Waals surface area contributed by atoms with Crippen LogP contribution in [0, 0.1) is 6.92 Å². The van der Waals surface area contributed by atoms with E-state index in [1.807, 2.05) is 49.4 Å². The molecular weight excluding hydrogens is 331 g/mol. The fourth-order valence-corrected chi connectivity index (χ4v) is 2.50. The third-order valence-electron chi connectivity index (χ3n) is 3.57. The van der Waals surface area contributed by atoms with Crippen molar-refractivity contribution in [3.63, 3.8) is 0 Å². The van der Waals surface area contributed by atoms with Crippen molar-refractivity contribution in [2.75, 3.05) is 0 Å². The Morgan fingerprint density at radius 3 is 2.61 bits per heavy atom. The van der Waals surface area contributed by atoms with E-state index in [0.29, 0.717) is 6.54 Å². The number of nitrogens with one attached hydrogen (secondary N) is 1. The molecule has 0 atom stereocenters. The van der Waals surface area contributed by atoms with Gasteiger partial charge in [0, 0.05) is 29.5 Å². The molecule has 3 aromatic rings. The van der Waals surface area contributed by atoms with Crippen molar-refractivity contribution < 1.29 is 16.8 Å². The summed E-state index contributed by atoms with van der Waals surface area (Å²) < 4.78 is 5.91. The van der Waals surface area contributed by atoms with E-state index in [1.54, 1.807) is 12.4 Å². The molecule has 0 amide bonds. The zero-order valence-electron chi connectivity index (χ0n) is 12.7. The van der Waals surface area contributed by atoms with Crippen molar-refractivity contribution >= 4 is 11.6 Å². The Balaban J connectivity index is 0.00000192. The zero-order chi connectivity index (χ0) is 15.4. The van der Waals surface area contributed by atoms with Gasteiger partial charge in [-0.05, 0) is 48.4 Å². The van der Waals surface area contributed by atoms with E-state index in [4.69, 9.17) is 16.0 Å². The molecule has 5 heteroatoms. The quantitative estimate of drug-likeness (QED) is 0.761. The van der Waals surface area contributed by atoms with Crippen LogP contribution in [0.25, 0.3) is 11.3 Å². The topological polar surface area (TPSA) is 38.1 Å². The molecule has 1 aromatic carbocycles. The minimum Gasteiger partial charge on any atom is -1.00 e. The van der Waals surface area contributed by atoms with Crippen LogP contribution in [0.15, 0.2) is 59.3 Å². The number of pyridine rings is 1. The summed E-state index contributed by atoms with van der Waals surface area (Å²) in [5.74, 6) is 1.75. The molecule has 2 aromatic heterocycles. The fourth-order valence-electron chi connectivity index (χ4n) is 2.32. The SMILES string of the molecule is Cc1c(Cl)cccc1-c1ccc(CNCc2ccncc2)o1.[Cl-]. The van der Waals surface area contributed by atoms with Crippen LogP contribution in [0.2, 0.25) is 5.02 Å². The average molecular weight is 348 g/mol. The first-order chi connectivity index (χ1) is 10.7. The van der Waals surface area contributed by atoms with Crippen molar-refractivity contribution in [1.82, 2.24) is 10.3 Å². The van der Waals surface area contributed by atoms with E-state index in [-0.39, 0.29) is 12.4 Å². The second-order valence-electron chi connectivity index (χ2n) is 5.14. The molecule has 3 nitrogen and oxygen atoms in total. The zero-order valence-corrected chi connectivity index (χ0v) is 14.2. The van der Waals surface area contributed by atoms with Crippen molar-refractivity contribution in [3.05, 3.63) is 76.8 Å². The van der Waals surface area contributed by atoms with Crippen LogP contribution in [0.5, 0.6) is 0 Å². The van der Waals surface area contributed by atoms with Crippen LogP contribution in [-0.4, -0.2) is 4.98 Å². The molecule has 0 unspecified atom stereocenters. The highest BCUT2D eigenvalue weighted by Gasteiger charge is 2.09. The minimum absolute atomic E-state index is 0. The van der Waals surface area contributed by atoms with Gasteiger partial charge < -0.3 is 22.1 Å². The van der Waals surface area contributed by atoms with Crippen LogP contribution in [0.1, 0.15) is 16.9 Å². The molecule has 0 saturated heterocycles. The summed E-state index contributed by atoms with van der Waals surface area (Å²) in [6.45, 7) is 3.47. The predicted octanol–water partition coefficient (Wildman–Crippen LogP) is 1.60. The standard InChI is InChI=1S/C18H17ClN2O.ClH/c1-13-16(3-2-4-17(13)19)18-6-5-15(22-18)12-21-11-14-7-9-20-10-8-14;/h2-10,21H,11-12H2,1H3;1H/p-1. The van der Waals surface area contributed by atoms with E-state index in [0.717, 1.165) is 34.2 Å². The molecule has 0 radical (unpaired) electrons. The second kappa shape index (κ2) is 8.16. The number of nitrogens with zero attached hydrogens (tertiary/aromatic N) is 1. The molecule has 23 heavy (non-hydrogen) atoms. The molecule has 0 fully saturated rings. The van der Waals surface area contributed by atoms with Gasteiger partial charge in [-0.1, -0.05) is 23.7 Å². The average Bonchev–Trinajstić information content (AvgIpc) is 3.00.